The van der Waals surface area contributed by atoms with Crippen LogP contribution < -0.4 is 10.5 Å². The van der Waals surface area contributed by atoms with Gasteiger partial charge in [-0.1, -0.05) is 13.0 Å². The maximum Gasteiger partial charge on any atom is 0.122 e. The molecule has 0 aliphatic heterocycles. The van der Waals surface area contributed by atoms with Gasteiger partial charge in [0.2, 0.25) is 0 Å². The van der Waals surface area contributed by atoms with Gasteiger partial charge in [0.05, 0.1) is 7.11 Å². The SMILES string of the molecule is CCC(N)Cc1ccc(OC)c(C)c1C. The minimum Gasteiger partial charge on any atom is -0.496 e. The van der Waals surface area contributed by atoms with E-state index in [2.05, 4.69) is 26.8 Å². The fourth-order valence-electron chi connectivity index (χ4n) is 1.72. The van der Waals surface area contributed by atoms with Crippen molar-refractivity contribution in [3.8, 4) is 5.75 Å². The van der Waals surface area contributed by atoms with Gasteiger partial charge in [0.25, 0.3) is 0 Å². The Bertz CT molecular complexity index is 334. The zero-order valence-electron chi connectivity index (χ0n) is 10.1. The van der Waals surface area contributed by atoms with E-state index in [0.717, 1.165) is 18.6 Å². The van der Waals surface area contributed by atoms with Crippen molar-refractivity contribution in [3.63, 3.8) is 0 Å². The third-order valence-electron chi connectivity index (χ3n) is 3.08. The van der Waals surface area contributed by atoms with E-state index in [4.69, 9.17) is 10.5 Å². The van der Waals surface area contributed by atoms with Gasteiger partial charge in [-0.25, -0.2) is 0 Å². The van der Waals surface area contributed by atoms with Crippen LogP contribution in [0.2, 0.25) is 0 Å². The number of ether oxygens (including phenoxy) is 1. The first kappa shape index (κ1) is 12.1. The summed E-state index contributed by atoms with van der Waals surface area (Å²) < 4.78 is 5.28. The molecule has 2 N–H and O–H groups in total. The van der Waals surface area contributed by atoms with E-state index in [-0.39, 0.29) is 6.04 Å². The highest BCUT2D eigenvalue weighted by Gasteiger charge is 2.08. The molecule has 1 atom stereocenters. The first-order valence-corrected chi connectivity index (χ1v) is 5.48. The van der Waals surface area contributed by atoms with Gasteiger partial charge in [0.15, 0.2) is 0 Å². The Morgan fingerprint density at radius 3 is 2.47 bits per heavy atom. The molecule has 0 fully saturated rings. The maximum absolute atomic E-state index is 5.96. The van der Waals surface area contributed by atoms with Gasteiger partial charge in [-0.3, -0.25) is 0 Å². The molecule has 1 rings (SSSR count). The summed E-state index contributed by atoms with van der Waals surface area (Å²) in [5.41, 5.74) is 9.82. The van der Waals surface area contributed by atoms with Gasteiger partial charge in [-0.2, -0.15) is 0 Å². The molecular weight excluding hydrogens is 186 g/mol. The second kappa shape index (κ2) is 5.17. The lowest BCUT2D eigenvalue weighted by molar-refractivity contribution is 0.411. The number of rotatable bonds is 4. The average Bonchev–Trinajstić information content (AvgIpc) is 2.25. The third kappa shape index (κ3) is 2.72. The molecule has 0 aliphatic carbocycles. The lowest BCUT2D eigenvalue weighted by atomic mass is 9.96. The van der Waals surface area contributed by atoms with Gasteiger partial charge in [0, 0.05) is 6.04 Å². The Labute approximate surface area is 92.4 Å². The van der Waals surface area contributed by atoms with Gasteiger partial charge >= 0.3 is 0 Å². The summed E-state index contributed by atoms with van der Waals surface area (Å²) in [7, 11) is 1.71. The molecule has 0 aliphatic rings. The van der Waals surface area contributed by atoms with Crippen molar-refractivity contribution in [2.45, 2.75) is 39.7 Å². The van der Waals surface area contributed by atoms with Gasteiger partial charge in [-0.05, 0) is 49.4 Å². The molecule has 0 amide bonds. The molecule has 84 valence electrons. The molecule has 0 spiro atoms. The molecule has 0 saturated carbocycles. The summed E-state index contributed by atoms with van der Waals surface area (Å²) in [5, 5.41) is 0. The summed E-state index contributed by atoms with van der Waals surface area (Å²) in [5.74, 6) is 0.960. The number of nitrogens with two attached hydrogens (primary N) is 1. The number of hydrogen-bond donors (Lipinski definition) is 1. The molecule has 0 heterocycles. The minimum absolute atomic E-state index is 0.261. The van der Waals surface area contributed by atoms with Crippen molar-refractivity contribution >= 4 is 0 Å². The zero-order chi connectivity index (χ0) is 11.4. The van der Waals surface area contributed by atoms with Crippen LogP contribution in [-0.2, 0) is 6.42 Å². The number of benzene rings is 1. The topological polar surface area (TPSA) is 35.2 Å². The highest BCUT2D eigenvalue weighted by atomic mass is 16.5. The van der Waals surface area contributed by atoms with Crippen LogP contribution in [0.25, 0.3) is 0 Å². The highest BCUT2D eigenvalue weighted by Crippen LogP contribution is 2.24. The Morgan fingerprint density at radius 2 is 1.93 bits per heavy atom. The van der Waals surface area contributed by atoms with E-state index < -0.39 is 0 Å². The molecule has 2 nitrogen and oxygen atoms in total. The fraction of sp³-hybridized carbons (Fsp3) is 0.538. The van der Waals surface area contributed by atoms with Crippen molar-refractivity contribution in [3.05, 3.63) is 28.8 Å². The second-order valence-corrected chi connectivity index (χ2v) is 4.05. The van der Waals surface area contributed by atoms with Crippen molar-refractivity contribution in [2.24, 2.45) is 5.73 Å². The highest BCUT2D eigenvalue weighted by molar-refractivity contribution is 5.43. The molecule has 1 aromatic carbocycles. The maximum atomic E-state index is 5.96. The monoisotopic (exact) mass is 207 g/mol. The molecule has 0 radical (unpaired) electrons. The van der Waals surface area contributed by atoms with Crippen LogP contribution in [0.15, 0.2) is 12.1 Å². The molecule has 0 bridgehead atoms. The quantitative estimate of drug-likeness (QED) is 0.823. The first-order valence-electron chi connectivity index (χ1n) is 5.48. The van der Waals surface area contributed by atoms with E-state index in [9.17, 15) is 0 Å². The predicted molar refractivity (Wildman–Crippen MR) is 64.4 cm³/mol. The van der Waals surface area contributed by atoms with E-state index in [1.165, 1.54) is 16.7 Å². The molecule has 0 saturated heterocycles. The second-order valence-electron chi connectivity index (χ2n) is 4.05. The lowest BCUT2D eigenvalue weighted by Gasteiger charge is -2.15. The summed E-state index contributed by atoms with van der Waals surface area (Å²) >= 11 is 0. The molecule has 2 heteroatoms. The Kier molecular flexibility index (Phi) is 4.15. The van der Waals surface area contributed by atoms with Crippen molar-refractivity contribution in [1.82, 2.24) is 0 Å². The summed E-state index contributed by atoms with van der Waals surface area (Å²) in [4.78, 5) is 0. The smallest absolute Gasteiger partial charge is 0.122 e. The van der Waals surface area contributed by atoms with Crippen LogP contribution in [-0.4, -0.2) is 13.2 Å². The van der Waals surface area contributed by atoms with Crippen LogP contribution in [0.3, 0.4) is 0 Å². The summed E-state index contributed by atoms with van der Waals surface area (Å²) in [6.07, 6.45) is 1.97. The lowest BCUT2D eigenvalue weighted by Crippen LogP contribution is -2.22. The first-order chi connectivity index (χ1) is 7.10. The summed E-state index contributed by atoms with van der Waals surface area (Å²) in [6, 6.07) is 4.41. The zero-order valence-corrected chi connectivity index (χ0v) is 10.1. The largest absolute Gasteiger partial charge is 0.496 e. The fourth-order valence-corrected chi connectivity index (χ4v) is 1.72. The van der Waals surface area contributed by atoms with Crippen LogP contribution in [0.5, 0.6) is 5.75 Å². The van der Waals surface area contributed by atoms with Crippen LogP contribution >= 0.6 is 0 Å². The molecule has 1 unspecified atom stereocenters. The average molecular weight is 207 g/mol. The van der Waals surface area contributed by atoms with E-state index in [0.29, 0.717) is 0 Å². The van der Waals surface area contributed by atoms with Crippen molar-refractivity contribution < 1.29 is 4.74 Å². The predicted octanol–water partition coefficient (Wildman–Crippen LogP) is 2.59. The molecule has 15 heavy (non-hydrogen) atoms. The van der Waals surface area contributed by atoms with Crippen molar-refractivity contribution in [1.29, 1.82) is 0 Å². The van der Waals surface area contributed by atoms with Crippen LogP contribution in [0, 0.1) is 13.8 Å². The van der Waals surface area contributed by atoms with Gasteiger partial charge < -0.3 is 10.5 Å². The van der Waals surface area contributed by atoms with Crippen LogP contribution in [0.1, 0.15) is 30.0 Å². The Morgan fingerprint density at radius 1 is 1.27 bits per heavy atom. The molecular formula is C13H21NO. The van der Waals surface area contributed by atoms with Crippen molar-refractivity contribution in [2.75, 3.05) is 7.11 Å². The van der Waals surface area contributed by atoms with Gasteiger partial charge in [0.1, 0.15) is 5.75 Å². The minimum atomic E-state index is 0.261. The standard InChI is InChI=1S/C13H21NO/c1-5-12(14)8-11-6-7-13(15-4)10(3)9(11)2/h6-7,12H,5,8,14H2,1-4H3. The van der Waals surface area contributed by atoms with E-state index >= 15 is 0 Å². The number of hydrogen-bond acceptors (Lipinski definition) is 2. The van der Waals surface area contributed by atoms with E-state index in [1.54, 1.807) is 7.11 Å². The van der Waals surface area contributed by atoms with E-state index in [1.807, 2.05) is 6.07 Å². The Hall–Kier alpha value is -1.02. The van der Waals surface area contributed by atoms with Crippen LogP contribution in [0.4, 0.5) is 0 Å². The molecule has 0 aromatic heterocycles. The third-order valence-corrected chi connectivity index (χ3v) is 3.08. The van der Waals surface area contributed by atoms with Gasteiger partial charge in [-0.15, -0.1) is 0 Å². The summed E-state index contributed by atoms with van der Waals surface area (Å²) in [6.45, 7) is 6.35. The Balaban J connectivity index is 2.96. The molecule has 1 aromatic rings. The normalized spacial score (nSPS) is 12.6. The number of methoxy groups -OCH3 is 1.